The summed E-state index contributed by atoms with van der Waals surface area (Å²) in [6.07, 6.45) is 3.05. The maximum atomic E-state index is 13.8. The Hall–Kier alpha value is -5.90. The van der Waals surface area contributed by atoms with Gasteiger partial charge >= 0.3 is 11.9 Å². The van der Waals surface area contributed by atoms with Crippen molar-refractivity contribution in [2.75, 3.05) is 6.54 Å². The summed E-state index contributed by atoms with van der Waals surface area (Å²) in [7, 11) is 0. The fraction of sp³-hybridized carbons (Fsp3) is 0.333. The van der Waals surface area contributed by atoms with E-state index >= 15 is 0 Å². The number of H-pyrrole nitrogens is 2. The molecule has 2 aromatic carbocycles. The topological polar surface area (TPSA) is 284 Å². The van der Waals surface area contributed by atoms with Crippen LogP contribution < -0.4 is 33.2 Å². The van der Waals surface area contributed by atoms with Crippen molar-refractivity contribution >= 4 is 57.4 Å². The molecule has 0 aliphatic carbocycles. The van der Waals surface area contributed by atoms with Gasteiger partial charge in [0.25, 0.3) is 0 Å². The van der Waals surface area contributed by atoms with Crippen molar-refractivity contribution in [2.24, 2.45) is 22.2 Å². The third-order valence-corrected chi connectivity index (χ3v) is 8.02. The molecule has 0 saturated heterocycles. The van der Waals surface area contributed by atoms with E-state index in [0.717, 1.165) is 27.4 Å². The number of nitrogens with two attached hydrogens (primary N) is 3. The summed E-state index contributed by atoms with van der Waals surface area (Å²) in [5.74, 6) is -4.98. The monoisotopic (exact) mass is 675 g/mol. The molecular formula is C33H41N9O7. The lowest BCUT2D eigenvalue weighted by molar-refractivity contribution is -0.143. The number of amides is 3. The fourth-order valence-electron chi connectivity index (χ4n) is 5.48. The molecule has 0 aliphatic rings. The number of nitrogens with one attached hydrogen (secondary N) is 5. The Balaban J connectivity index is 1.55. The van der Waals surface area contributed by atoms with Crippen LogP contribution in [0.25, 0.3) is 21.8 Å². The largest absolute Gasteiger partial charge is 0.481 e. The Morgan fingerprint density at radius 2 is 1.24 bits per heavy atom. The van der Waals surface area contributed by atoms with Crippen LogP contribution >= 0.6 is 0 Å². The van der Waals surface area contributed by atoms with E-state index in [1.54, 1.807) is 18.5 Å². The van der Waals surface area contributed by atoms with Crippen molar-refractivity contribution in [1.29, 1.82) is 0 Å². The van der Waals surface area contributed by atoms with Gasteiger partial charge in [-0.15, -0.1) is 0 Å². The molecule has 0 fully saturated rings. The average Bonchev–Trinajstić information content (AvgIpc) is 3.67. The zero-order chi connectivity index (χ0) is 35.5. The van der Waals surface area contributed by atoms with Crippen molar-refractivity contribution in [3.05, 3.63) is 72.1 Å². The first-order valence-electron chi connectivity index (χ1n) is 15.7. The first-order valence-corrected chi connectivity index (χ1v) is 15.7. The number of aliphatic imine (C=N–C) groups is 1. The number of aliphatic carboxylic acids is 2. The Morgan fingerprint density at radius 1 is 0.714 bits per heavy atom. The van der Waals surface area contributed by atoms with Gasteiger partial charge in [-0.2, -0.15) is 0 Å². The minimum Gasteiger partial charge on any atom is -0.481 e. The first kappa shape index (κ1) is 35.9. The standard InChI is InChI=1S/C33H41N9O7/c34-22(14-18-16-38-23-8-3-1-6-20(18)23)29(45)40-25(10-5-13-37-33(35)36)30(46)42-27(15-19-17-39-24-9-4-2-7-21(19)24)31(47)41-26(32(48)49)11-12-28(43)44/h1-4,6-9,16-17,22,25-27,38-39H,5,10-15,34H2,(H,40,45)(H,41,47)(H,42,46)(H,43,44)(H,48,49)(H4,35,36,37). The number of guanidine groups is 1. The van der Waals surface area contributed by atoms with Crippen LogP contribution in [0.3, 0.4) is 0 Å². The number of aromatic nitrogens is 2. The number of aromatic amines is 2. The van der Waals surface area contributed by atoms with E-state index in [-0.39, 0.29) is 44.6 Å². The SMILES string of the molecule is NC(N)=NCCCC(NC(=O)C(N)Cc1c[nH]c2ccccc12)C(=O)NC(Cc1c[nH]c2ccccc12)C(=O)NC(CCC(=O)O)C(=O)O. The number of carboxylic acid groups (broad SMARTS) is 2. The average molecular weight is 676 g/mol. The summed E-state index contributed by atoms with van der Waals surface area (Å²) in [4.78, 5) is 73.9. The second-order valence-electron chi connectivity index (χ2n) is 11.6. The maximum Gasteiger partial charge on any atom is 0.326 e. The van der Waals surface area contributed by atoms with Crippen molar-refractivity contribution in [3.8, 4) is 0 Å². The molecule has 2 aromatic heterocycles. The number of fused-ring (bicyclic) bond motifs is 2. The predicted molar refractivity (Wildman–Crippen MR) is 182 cm³/mol. The van der Waals surface area contributed by atoms with Crippen LogP contribution in [0, 0.1) is 0 Å². The Morgan fingerprint density at radius 3 is 1.82 bits per heavy atom. The number of para-hydroxylation sites is 2. The lowest BCUT2D eigenvalue weighted by atomic mass is 10.0. The van der Waals surface area contributed by atoms with Gasteiger partial charge in [0.1, 0.15) is 18.1 Å². The van der Waals surface area contributed by atoms with Crippen LogP contribution in [-0.4, -0.2) is 86.5 Å². The molecule has 2 heterocycles. The molecular weight excluding hydrogens is 634 g/mol. The van der Waals surface area contributed by atoms with E-state index in [4.69, 9.17) is 22.3 Å². The molecule has 4 aromatic rings. The van der Waals surface area contributed by atoms with E-state index in [1.807, 2.05) is 42.5 Å². The van der Waals surface area contributed by atoms with E-state index in [0.29, 0.717) is 5.56 Å². The number of carbonyl (C=O) groups is 5. The number of hydrogen-bond acceptors (Lipinski definition) is 7. The van der Waals surface area contributed by atoms with Crippen LogP contribution in [0.2, 0.25) is 0 Å². The van der Waals surface area contributed by atoms with Crippen LogP contribution in [0.4, 0.5) is 0 Å². The predicted octanol–water partition coefficient (Wildman–Crippen LogP) is 0.219. The van der Waals surface area contributed by atoms with Crippen molar-refractivity contribution in [2.45, 2.75) is 62.7 Å². The number of carboxylic acids is 2. The van der Waals surface area contributed by atoms with E-state index < -0.39 is 60.2 Å². The quantitative estimate of drug-likeness (QED) is 0.0389. The lowest BCUT2D eigenvalue weighted by Crippen LogP contribution is -2.57. The minimum atomic E-state index is -1.52. The third kappa shape index (κ3) is 10.0. The highest BCUT2D eigenvalue weighted by atomic mass is 16.4. The highest BCUT2D eigenvalue weighted by Crippen LogP contribution is 2.20. The normalized spacial score (nSPS) is 13.6. The third-order valence-electron chi connectivity index (χ3n) is 8.02. The summed E-state index contributed by atoms with van der Waals surface area (Å²) < 4.78 is 0. The summed E-state index contributed by atoms with van der Waals surface area (Å²) >= 11 is 0. The summed E-state index contributed by atoms with van der Waals surface area (Å²) in [5, 5.41) is 28.1. The Labute approximate surface area is 280 Å². The molecule has 3 amide bonds. The fourth-order valence-corrected chi connectivity index (χ4v) is 5.48. The summed E-state index contributed by atoms with van der Waals surface area (Å²) in [5.41, 5.74) is 20.3. The Kier molecular flexibility index (Phi) is 12.3. The number of nitrogens with zero attached hydrogens (tertiary/aromatic N) is 1. The van der Waals surface area contributed by atoms with Gasteiger partial charge in [-0.3, -0.25) is 24.2 Å². The number of carbonyl (C=O) groups excluding carboxylic acids is 3. The van der Waals surface area contributed by atoms with Gasteiger partial charge in [0.2, 0.25) is 17.7 Å². The molecule has 16 heteroatoms. The minimum absolute atomic E-state index is 0.0540. The molecule has 260 valence electrons. The van der Waals surface area contributed by atoms with Crippen LogP contribution in [0.5, 0.6) is 0 Å². The highest BCUT2D eigenvalue weighted by molar-refractivity contribution is 5.95. The molecule has 4 unspecified atom stereocenters. The second-order valence-corrected chi connectivity index (χ2v) is 11.6. The van der Waals surface area contributed by atoms with Gasteiger partial charge in [-0.05, 0) is 48.9 Å². The zero-order valence-electron chi connectivity index (χ0n) is 26.6. The van der Waals surface area contributed by atoms with Gasteiger partial charge in [-0.1, -0.05) is 36.4 Å². The Bertz CT molecular complexity index is 1830. The molecule has 49 heavy (non-hydrogen) atoms. The molecule has 13 N–H and O–H groups in total. The van der Waals surface area contributed by atoms with Crippen LogP contribution in [0.15, 0.2) is 65.9 Å². The summed E-state index contributed by atoms with van der Waals surface area (Å²) in [6.45, 7) is 0.159. The van der Waals surface area contributed by atoms with Gasteiger partial charge < -0.3 is 53.3 Å². The van der Waals surface area contributed by atoms with E-state index in [1.165, 1.54) is 0 Å². The molecule has 0 radical (unpaired) electrons. The molecule has 0 bridgehead atoms. The van der Waals surface area contributed by atoms with E-state index in [2.05, 4.69) is 30.9 Å². The number of hydrogen-bond donors (Lipinski definition) is 10. The zero-order valence-corrected chi connectivity index (χ0v) is 26.6. The molecule has 0 aliphatic heterocycles. The van der Waals surface area contributed by atoms with Crippen molar-refractivity contribution < 1.29 is 34.2 Å². The highest BCUT2D eigenvalue weighted by Gasteiger charge is 2.31. The smallest absolute Gasteiger partial charge is 0.326 e. The number of benzene rings is 2. The first-order chi connectivity index (χ1) is 23.4. The van der Waals surface area contributed by atoms with Crippen LogP contribution in [0.1, 0.15) is 36.8 Å². The van der Waals surface area contributed by atoms with E-state index in [9.17, 15) is 29.1 Å². The lowest BCUT2D eigenvalue weighted by Gasteiger charge is -2.25. The second kappa shape index (κ2) is 16.8. The molecule has 0 saturated carbocycles. The van der Waals surface area contributed by atoms with Crippen molar-refractivity contribution in [3.63, 3.8) is 0 Å². The van der Waals surface area contributed by atoms with Gasteiger partial charge in [0.15, 0.2) is 5.96 Å². The molecule has 0 spiro atoms. The van der Waals surface area contributed by atoms with Gasteiger partial charge in [0, 0.05) is 53.6 Å². The molecule has 4 rings (SSSR count). The van der Waals surface area contributed by atoms with Crippen LogP contribution in [-0.2, 0) is 36.8 Å². The maximum absolute atomic E-state index is 13.8. The molecule has 4 atom stereocenters. The summed E-state index contributed by atoms with van der Waals surface area (Å²) in [6, 6.07) is 9.82. The van der Waals surface area contributed by atoms with Gasteiger partial charge in [-0.25, -0.2) is 4.79 Å². The van der Waals surface area contributed by atoms with Crippen molar-refractivity contribution in [1.82, 2.24) is 25.9 Å². The van der Waals surface area contributed by atoms with Gasteiger partial charge in [0.05, 0.1) is 6.04 Å². The molecule has 16 nitrogen and oxygen atoms in total. The number of rotatable bonds is 18.